The predicted molar refractivity (Wildman–Crippen MR) is 61.6 cm³/mol. The predicted octanol–water partition coefficient (Wildman–Crippen LogP) is 0.309. The van der Waals surface area contributed by atoms with Gasteiger partial charge in [-0.3, -0.25) is 4.79 Å². The molecular formula is C12H20N2O2. The summed E-state index contributed by atoms with van der Waals surface area (Å²) in [5, 5.41) is 12.7. The lowest BCUT2D eigenvalue weighted by molar-refractivity contribution is -0.125. The van der Waals surface area contributed by atoms with Crippen molar-refractivity contribution in [2.45, 2.75) is 50.3 Å². The van der Waals surface area contributed by atoms with Gasteiger partial charge in [0.05, 0.1) is 18.1 Å². The molecule has 2 aliphatic rings. The second-order valence-corrected chi connectivity index (χ2v) is 4.86. The summed E-state index contributed by atoms with van der Waals surface area (Å²) in [6.45, 7) is 0. The number of aliphatic hydroxyl groups excluding tert-OH is 1. The van der Waals surface area contributed by atoms with Gasteiger partial charge in [0.15, 0.2) is 0 Å². The Morgan fingerprint density at radius 2 is 2.06 bits per heavy atom. The van der Waals surface area contributed by atoms with Gasteiger partial charge in [-0.15, -0.1) is 0 Å². The largest absolute Gasteiger partial charge is 0.391 e. The second kappa shape index (κ2) is 4.97. The number of rotatable bonds is 2. The monoisotopic (exact) mass is 224 g/mol. The molecule has 2 rings (SSSR count). The molecule has 4 unspecified atom stereocenters. The van der Waals surface area contributed by atoms with Crippen molar-refractivity contribution in [3.8, 4) is 0 Å². The van der Waals surface area contributed by atoms with Crippen LogP contribution in [0, 0.1) is 5.92 Å². The van der Waals surface area contributed by atoms with Crippen molar-refractivity contribution in [3.63, 3.8) is 0 Å². The van der Waals surface area contributed by atoms with Crippen molar-refractivity contribution in [1.82, 2.24) is 5.32 Å². The van der Waals surface area contributed by atoms with Crippen LogP contribution in [0.2, 0.25) is 0 Å². The maximum atomic E-state index is 11.9. The van der Waals surface area contributed by atoms with Crippen molar-refractivity contribution in [1.29, 1.82) is 0 Å². The number of nitrogens with two attached hydrogens (primary N) is 1. The minimum absolute atomic E-state index is 0.00651. The highest BCUT2D eigenvalue weighted by Crippen LogP contribution is 2.21. The Morgan fingerprint density at radius 1 is 1.31 bits per heavy atom. The van der Waals surface area contributed by atoms with Crippen LogP contribution in [0.1, 0.15) is 32.1 Å². The number of carbonyl (C=O) groups excluding carboxylic acids is 1. The van der Waals surface area contributed by atoms with E-state index in [0.29, 0.717) is 6.42 Å². The summed E-state index contributed by atoms with van der Waals surface area (Å²) in [4.78, 5) is 11.9. The first kappa shape index (κ1) is 11.6. The lowest BCUT2D eigenvalue weighted by Gasteiger charge is -2.29. The average Bonchev–Trinajstić information content (AvgIpc) is 2.68. The minimum atomic E-state index is -0.378. The lowest BCUT2D eigenvalue weighted by atomic mass is 9.92. The van der Waals surface area contributed by atoms with Gasteiger partial charge < -0.3 is 16.2 Å². The van der Waals surface area contributed by atoms with Gasteiger partial charge in [-0.1, -0.05) is 25.0 Å². The summed E-state index contributed by atoms with van der Waals surface area (Å²) >= 11 is 0. The highest BCUT2D eigenvalue weighted by molar-refractivity contribution is 5.81. The normalized spacial score (nSPS) is 38.6. The highest BCUT2D eigenvalue weighted by Gasteiger charge is 2.28. The fraction of sp³-hybridized carbons (Fsp3) is 0.750. The zero-order chi connectivity index (χ0) is 11.5. The Balaban J connectivity index is 1.84. The molecule has 0 aromatic heterocycles. The first-order chi connectivity index (χ1) is 7.66. The Bertz CT molecular complexity index is 291. The van der Waals surface area contributed by atoms with E-state index in [-0.39, 0.29) is 30.0 Å². The molecule has 0 saturated heterocycles. The topological polar surface area (TPSA) is 75.4 Å². The van der Waals surface area contributed by atoms with Crippen LogP contribution in [0.4, 0.5) is 0 Å². The third kappa shape index (κ3) is 2.62. The van der Waals surface area contributed by atoms with Crippen molar-refractivity contribution in [2.24, 2.45) is 11.7 Å². The molecule has 0 spiro atoms. The molecule has 1 amide bonds. The molecule has 0 radical (unpaired) electrons. The number of carbonyl (C=O) groups is 1. The standard InChI is InChI=1S/C12H20N2O2/c13-9-6-5-8(7-9)12(16)14-10-3-1-2-4-11(10)15/h5-6,8-11,15H,1-4,7,13H2,(H,14,16). The van der Waals surface area contributed by atoms with Gasteiger partial charge in [0.25, 0.3) is 0 Å². The molecule has 2 aliphatic carbocycles. The number of nitrogens with one attached hydrogen (secondary N) is 1. The zero-order valence-corrected chi connectivity index (χ0v) is 9.43. The molecule has 16 heavy (non-hydrogen) atoms. The SMILES string of the molecule is NC1C=CC(C(=O)NC2CCCCC2O)C1. The molecule has 0 aliphatic heterocycles. The quantitative estimate of drug-likeness (QED) is 0.591. The number of aliphatic hydroxyl groups is 1. The molecule has 0 heterocycles. The molecule has 4 nitrogen and oxygen atoms in total. The Hall–Kier alpha value is -0.870. The van der Waals surface area contributed by atoms with Gasteiger partial charge in [-0.25, -0.2) is 0 Å². The van der Waals surface area contributed by atoms with Crippen LogP contribution in [0.3, 0.4) is 0 Å². The highest BCUT2D eigenvalue weighted by atomic mass is 16.3. The van der Waals surface area contributed by atoms with E-state index in [1.165, 1.54) is 0 Å². The molecule has 0 aromatic carbocycles. The van der Waals surface area contributed by atoms with Gasteiger partial charge in [-0.05, 0) is 19.3 Å². The maximum Gasteiger partial charge on any atom is 0.227 e. The zero-order valence-electron chi connectivity index (χ0n) is 9.43. The Morgan fingerprint density at radius 3 is 2.69 bits per heavy atom. The number of hydrogen-bond acceptors (Lipinski definition) is 3. The Labute approximate surface area is 95.9 Å². The van der Waals surface area contributed by atoms with Crippen LogP contribution in [-0.2, 0) is 4.79 Å². The van der Waals surface area contributed by atoms with Crippen LogP contribution >= 0.6 is 0 Å². The first-order valence-corrected chi connectivity index (χ1v) is 6.09. The molecule has 1 saturated carbocycles. The molecule has 1 fully saturated rings. The molecule has 90 valence electrons. The fourth-order valence-corrected chi connectivity index (χ4v) is 2.49. The van der Waals surface area contributed by atoms with E-state index in [0.717, 1.165) is 25.7 Å². The van der Waals surface area contributed by atoms with Crippen LogP contribution < -0.4 is 11.1 Å². The van der Waals surface area contributed by atoms with Crippen LogP contribution in [0.5, 0.6) is 0 Å². The van der Waals surface area contributed by atoms with Crippen molar-refractivity contribution >= 4 is 5.91 Å². The van der Waals surface area contributed by atoms with E-state index in [2.05, 4.69) is 5.32 Å². The molecule has 4 heteroatoms. The van der Waals surface area contributed by atoms with E-state index in [4.69, 9.17) is 5.73 Å². The lowest BCUT2D eigenvalue weighted by Crippen LogP contribution is -2.47. The minimum Gasteiger partial charge on any atom is -0.391 e. The Kier molecular flexibility index (Phi) is 3.61. The van der Waals surface area contributed by atoms with Crippen LogP contribution in [0.15, 0.2) is 12.2 Å². The van der Waals surface area contributed by atoms with E-state index in [1.807, 2.05) is 12.2 Å². The molecule has 0 bridgehead atoms. The van der Waals surface area contributed by atoms with Crippen molar-refractivity contribution in [3.05, 3.63) is 12.2 Å². The third-order valence-electron chi connectivity index (χ3n) is 3.51. The molecule has 4 atom stereocenters. The van der Waals surface area contributed by atoms with Crippen molar-refractivity contribution < 1.29 is 9.90 Å². The van der Waals surface area contributed by atoms with E-state index in [1.54, 1.807) is 0 Å². The number of amides is 1. The molecular weight excluding hydrogens is 204 g/mol. The van der Waals surface area contributed by atoms with Gasteiger partial charge in [-0.2, -0.15) is 0 Å². The van der Waals surface area contributed by atoms with Gasteiger partial charge in [0, 0.05) is 6.04 Å². The van der Waals surface area contributed by atoms with Crippen LogP contribution in [-0.4, -0.2) is 29.2 Å². The third-order valence-corrected chi connectivity index (χ3v) is 3.51. The first-order valence-electron chi connectivity index (χ1n) is 6.09. The smallest absolute Gasteiger partial charge is 0.227 e. The van der Waals surface area contributed by atoms with E-state index < -0.39 is 0 Å². The van der Waals surface area contributed by atoms with Gasteiger partial charge in [0.2, 0.25) is 5.91 Å². The van der Waals surface area contributed by atoms with Gasteiger partial charge in [0.1, 0.15) is 0 Å². The summed E-state index contributed by atoms with van der Waals surface area (Å²) in [5.74, 6) is -0.0979. The summed E-state index contributed by atoms with van der Waals surface area (Å²) in [6, 6.07) is -0.0569. The molecule has 0 aromatic rings. The summed E-state index contributed by atoms with van der Waals surface area (Å²) < 4.78 is 0. The van der Waals surface area contributed by atoms with Crippen molar-refractivity contribution in [2.75, 3.05) is 0 Å². The fourth-order valence-electron chi connectivity index (χ4n) is 2.49. The summed E-state index contributed by atoms with van der Waals surface area (Å²) in [7, 11) is 0. The van der Waals surface area contributed by atoms with E-state index in [9.17, 15) is 9.90 Å². The average molecular weight is 224 g/mol. The molecule has 4 N–H and O–H groups in total. The van der Waals surface area contributed by atoms with E-state index >= 15 is 0 Å². The van der Waals surface area contributed by atoms with Gasteiger partial charge >= 0.3 is 0 Å². The van der Waals surface area contributed by atoms with Crippen LogP contribution in [0.25, 0.3) is 0 Å². The maximum absolute atomic E-state index is 11.9. The summed E-state index contributed by atoms with van der Waals surface area (Å²) in [6.07, 6.45) is 7.88. The summed E-state index contributed by atoms with van der Waals surface area (Å²) in [5.41, 5.74) is 5.71. The number of hydrogen-bond donors (Lipinski definition) is 3. The second-order valence-electron chi connectivity index (χ2n) is 4.86.